The lowest BCUT2D eigenvalue weighted by Crippen LogP contribution is -2.46. The van der Waals surface area contributed by atoms with E-state index < -0.39 is 42.7 Å². The van der Waals surface area contributed by atoms with Gasteiger partial charge in [-0.15, -0.1) is 0 Å². The van der Waals surface area contributed by atoms with Gasteiger partial charge in [0.15, 0.2) is 6.23 Å². The summed E-state index contributed by atoms with van der Waals surface area (Å²) in [6.45, 7) is 0.955. The van der Waals surface area contributed by atoms with Crippen molar-refractivity contribution in [2.75, 3.05) is 6.61 Å². The predicted molar refractivity (Wildman–Crippen MR) is 72.7 cm³/mol. The Morgan fingerprint density at radius 3 is 2.86 bits per heavy atom. The maximum absolute atomic E-state index is 11.7. The van der Waals surface area contributed by atoms with Crippen molar-refractivity contribution in [3.05, 3.63) is 33.1 Å². The molecule has 1 unspecified atom stereocenters. The SMILES string of the molecule is C[C@@]1(O)[C@H](O)[C@@H](CO[PH](=O)Cl)O[C@H]1n1ccc(=O)[nH]c1=O. The molecule has 11 heteroatoms. The van der Waals surface area contributed by atoms with Crippen molar-refractivity contribution in [2.24, 2.45) is 0 Å². The number of nitrogens with zero attached hydrogens (tertiary/aromatic N) is 1. The summed E-state index contributed by atoms with van der Waals surface area (Å²) in [5.74, 6) is 0. The summed E-state index contributed by atoms with van der Waals surface area (Å²) >= 11 is 5.20. The molecule has 1 aromatic heterocycles. The van der Waals surface area contributed by atoms with Crippen molar-refractivity contribution >= 4 is 18.6 Å². The van der Waals surface area contributed by atoms with Crippen LogP contribution in [0.1, 0.15) is 13.2 Å². The van der Waals surface area contributed by atoms with Crippen LogP contribution in [0.3, 0.4) is 0 Å². The van der Waals surface area contributed by atoms with Gasteiger partial charge in [-0.1, -0.05) is 0 Å². The van der Waals surface area contributed by atoms with Gasteiger partial charge in [-0.2, -0.15) is 0 Å². The Hall–Kier alpha value is -0.960. The highest BCUT2D eigenvalue weighted by molar-refractivity contribution is 7.69. The number of aliphatic hydroxyl groups excluding tert-OH is 1. The number of hydrogen-bond donors (Lipinski definition) is 3. The summed E-state index contributed by atoms with van der Waals surface area (Å²) in [6.07, 6.45) is -2.54. The molecule has 118 valence electrons. The third-order valence-corrected chi connectivity index (χ3v) is 3.94. The molecule has 2 rings (SSSR count). The van der Waals surface area contributed by atoms with Crippen LogP contribution in [0.15, 0.2) is 21.9 Å². The smallest absolute Gasteiger partial charge is 0.330 e. The van der Waals surface area contributed by atoms with E-state index in [0.29, 0.717) is 0 Å². The van der Waals surface area contributed by atoms with Crippen molar-refractivity contribution in [1.29, 1.82) is 0 Å². The molecule has 0 aromatic carbocycles. The van der Waals surface area contributed by atoms with Gasteiger partial charge in [0.25, 0.3) is 12.9 Å². The Morgan fingerprint density at radius 2 is 2.29 bits per heavy atom. The van der Waals surface area contributed by atoms with Crippen LogP contribution < -0.4 is 11.2 Å². The van der Waals surface area contributed by atoms with Crippen LogP contribution in [-0.4, -0.2) is 44.2 Å². The van der Waals surface area contributed by atoms with Gasteiger partial charge in [-0.05, 0) is 18.2 Å². The van der Waals surface area contributed by atoms with E-state index in [1.807, 2.05) is 4.98 Å². The molecule has 5 atom stereocenters. The van der Waals surface area contributed by atoms with E-state index in [2.05, 4.69) is 0 Å². The fourth-order valence-corrected chi connectivity index (χ4v) is 2.62. The van der Waals surface area contributed by atoms with E-state index >= 15 is 0 Å². The molecule has 0 radical (unpaired) electrons. The molecule has 0 spiro atoms. The van der Waals surface area contributed by atoms with Gasteiger partial charge in [0.2, 0.25) is 0 Å². The molecule has 0 saturated carbocycles. The lowest BCUT2D eigenvalue weighted by Gasteiger charge is -2.27. The minimum atomic E-state index is -2.74. The maximum atomic E-state index is 11.7. The molecule has 0 bridgehead atoms. The average molecular weight is 341 g/mol. The number of aromatic amines is 1. The summed E-state index contributed by atoms with van der Waals surface area (Å²) in [5, 5.41) is 20.4. The van der Waals surface area contributed by atoms with Gasteiger partial charge in [0.1, 0.15) is 17.8 Å². The number of ether oxygens (including phenoxy) is 1. The quantitative estimate of drug-likeness (QED) is 0.611. The predicted octanol–water partition coefficient (Wildman–Crippen LogP) is -0.809. The molecule has 1 saturated heterocycles. The summed E-state index contributed by atoms with van der Waals surface area (Å²) in [6, 6.07) is 1.08. The second-order valence-electron chi connectivity index (χ2n) is 4.76. The lowest BCUT2D eigenvalue weighted by molar-refractivity contribution is -0.0983. The molecular formula is C10H14ClN2O7P. The van der Waals surface area contributed by atoms with Gasteiger partial charge in [-0.3, -0.25) is 18.9 Å². The third kappa shape index (κ3) is 3.28. The standard InChI is InChI=1S/C10H14ClN2O7P/c1-10(17)7(15)5(4-19-21(11)18)20-8(10)13-3-2-6(14)12-9(13)16/h2-3,5,7-8,15,17,21H,4H2,1H3,(H,12,14,16)/t5-,7-,8-,10-/m1/s1. The topological polar surface area (TPSA) is 131 Å². The summed E-state index contributed by atoms with van der Waals surface area (Å²) in [4.78, 5) is 24.8. The van der Waals surface area contributed by atoms with Crippen molar-refractivity contribution in [3.63, 3.8) is 0 Å². The fraction of sp³-hybridized carbons (Fsp3) is 0.600. The molecule has 0 amide bonds. The van der Waals surface area contributed by atoms with E-state index in [-0.39, 0.29) is 6.61 Å². The number of hydrogen-bond acceptors (Lipinski definition) is 7. The van der Waals surface area contributed by atoms with Gasteiger partial charge >= 0.3 is 5.69 Å². The minimum absolute atomic E-state index is 0.312. The Balaban J connectivity index is 2.29. The van der Waals surface area contributed by atoms with E-state index in [9.17, 15) is 24.4 Å². The summed E-state index contributed by atoms with van der Waals surface area (Å²) < 4.78 is 21.8. The number of aliphatic hydroxyl groups is 2. The molecule has 1 fully saturated rings. The Labute approximate surface area is 123 Å². The second kappa shape index (κ2) is 6.04. The van der Waals surface area contributed by atoms with E-state index in [4.69, 9.17) is 20.5 Å². The van der Waals surface area contributed by atoms with Gasteiger partial charge in [-0.25, -0.2) is 4.79 Å². The highest BCUT2D eigenvalue weighted by Crippen LogP contribution is 2.39. The van der Waals surface area contributed by atoms with Crippen LogP contribution in [0, 0.1) is 0 Å². The van der Waals surface area contributed by atoms with Crippen LogP contribution in [-0.2, 0) is 13.8 Å². The number of aromatic nitrogens is 2. The first kappa shape index (κ1) is 16.4. The summed E-state index contributed by atoms with van der Waals surface area (Å²) in [7, 11) is -2.74. The number of nitrogens with one attached hydrogen (secondary N) is 1. The average Bonchev–Trinajstić information content (AvgIpc) is 2.60. The normalized spacial score (nSPS) is 34.0. The van der Waals surface area contributed by atoms with Gasteiger partial charge in [0.05, 0.1) is 6.61 Å². The van der Waals surface area contributed by atoms with Gasteiger partial charge < -0.3 is 19.5 Å². The molecule has 21 heavy (non-hydrogen) atoms. The van der Waals surface area contributed by atoms with Crippen LogP contribution >= 0.6 is 18.6 Å². The molecule has 0 aliphatic carbocycles. The Kier molecular flexibility index (Phi) is 4.72. The number of halogens is 1. The lowest BCUT2D eigenvalue weighted by atomic mass is 9.96. The first-order valence-electron chi connectivity index (χ1n) is 5.93. The number of H-pyrrole nitrogens is 1. The zero-order valence-corrected chi connectivity index (χ0v) is 12.6. The zero-order chi connectivity index (χ0) is 15.8. The monoisotopic (exact) mass is 340 g/mol. The molecular weight excluding hydrogens is 327 g/mol. The molecule has 1 aliphatic heterocycles. The van der Waals surface area contributed by atoms with E-state index in [1.54, 1.807) is 0 Å². The first-order chi connectivity index (χ1) is 9.73. The highest BCUT2D eigenvalue weighted by Gasteiger charge is 2.53. The molecule has 1 aromatic rings. The molecule has 1 aliphatic rings. The molecule has 3 N–H and O–H groups in total. The van der Waals surface area contributed by atoms with E-state index in [1.165, 1.54) is 6.92 Å². The van der Waals surface area contributed by atoms with Gasteiger partial charge in [0, 0.05) is 12.3 Å². The molecule has 2 heterocycles. The van der Waals surface area contributed by atoms with Crippen molar-refractivity contribution in [1.82, 2.24) is 9.55 Å². The Bertz CT molecular complexity index is 657. The van der Waals surface area contributed by atoms with Crippen LogP contribution in [0.5, 0.6) is 0 Å². The van der Waals surface area contributed by atoms with Crippen LogP contribution in [0.2, 0.25) is 0 Å². The fourth-order valence-electron chi connectivity index (χ4n) is 2.14. The van der Waals surface area contributed by atoms with Crippen LogP contribution in [0.25, 0.3) is 0 Å². The Morgan fingerprint density at radius 1 is 1.62 bits per heavy atom. The summed E-state index contributed by atoms with van der Waals surface area (Å²) in [5.41, 5.74) is -3.22. The second-order valence-corrected chi connectivity index (χ2v) is 6.45. The maximum Gasteiger partial charge on any atom is 0.330 e. The largest absolute Gasteiger partial charge is 0.387 e. The van der Waals surface area contributed by atoms with Crippen LogP contribution in [0.4, 0.5) is 0 Å². The first-order valence-corrected chi connectivity index (χ1v) is 8.26. The van der Waals surface area contributed by atoms with Crippen molar-refractivity contribution < 1.29 is 24.0 Å². The molecule has 9 nitrogen and oxygen atoms in total. The minimum Gasteiger partial charge on any atom is -0.387 e. The van der Waals surface area contributed by atoms with Crippen molar-refractivity contribution in [3.8, 4) is 0 Å². The number of rotatable bonds is 4. The third-order valence-electron chi connectivity index (χ3n) is 3.22. The highest BCUT2D eigenvalue weighted by atomic mass is 35.7. The van der Waals surface area contributed by atoms with Crippen molar-refractivity contribution in [2.45, 2.75) is 31.0 Å². The zero-order valence-electron chi connectivity index (χ0n) is 10.9. The van der Waals surface area contributed by atoms with E-state index in [0.717, 1.165) is 16.8 Å².